The minimum atomic E-state index is -1.12. The molecule has 4 fully saturated rings. The lowest BCUT2D eigenvalue weighted by Gasteiger charge is -2.57. The Bertz CT molecular complexity index is 992. The van der Waals surface area contributed by atoms with Crippen molar-refractivity contribution in [2.45, 2.75) is 50.9 Å². The number of amides is 1. The van der Waals surface area contributed by atoms with E-state index in [-0.39, 0.29) is 11.5 Å². The van der Waals surface area contributed by atoms with Crippen LogP contribution in [0.3, 0.4) is 0 Å². The number of aryl methyl sites for hydroxylation is 1. The van der Waals surface area contributed by atoms with Crippen molar-refractivity contribution in [1.29, 1.82) is 0 Å². The molecule has 4 aliphatic rings. The van der Waals surface area contributed by atoms with Gasteiger partial charge in [0.25, 0.3) is 5.91 Å². The van der Waals surface area contributed by atoms with Crippen molar-refractivity contribution in [3.8, 4) is 0 Å². The number of benzene rings is 2. The van der Waals surface area contributed by atoms with Crippen molar-refractivity contribution in [3.63, 3.8) is 0 Å². The van der Waals surface area contributed by atoms with Crippen molar-refractivity contribution < 1.29 is 14.7 Å². The first-order chi connectivity index (χ1) is 14.3. The van der Waals surface area contributed by atoms with Gasteiger partial charge in [-0.25, -0.2) is 4.79 Å². The lowest BCUT2D eigenvalue weighted by atomic mass is 9.48. The van der Waals surface area contributed by atoms with Crippen LogP contribution < -0.4 is 5.32 Å². The van der Waals surface area contributed by atoms with Gasteiger partial charge in [0.15, 0.2) is 0 Å². The fraction of sp³-hybridized carbons (Fsp3) is 0.440. The van der Waals surface area contributed by atoms with E-state index in [2.05, 4.69) is 17.4 Å². The van der Waals surface area contributed by atoms with Crippen LogP contribution in [-0.4, -0.2) is 17.0 Å². The Balaban J connectivity index is 1.38. The van der Waals surface area contributed by atoms with Gasteiger partial charge in [-0.3, -0.25) is 4.79 Å². The predicted molar refractivity (Wildman–Crippen MR) is 117 cm³/mol. The van der Waals surface area contributed by atoms with E-state index in [9.17, 15) is 14.7 Å². The van der Waals surface area contributed by atoms with Gasteiger partial charge in [-0.15, -0.1) is 0 Å². The van der Waals surface area contributed by atoms with E-state index in [4.69, 9.17) is 11.6 Å². The molecule has 0 unspecified atom stereocenters. The Kier molecular flexibility index (Phi) is 4.66. The van der Waals surface area contributed by atoms with Crippen LogP contribution in [0, 0.1) is 24.7 Å². The first-order valence-corrected chi connectivity index (χ1v) is 11.2. The number of carboxylic acids is 1. The van der Waals surface area contributed by atoms with E-state index in [1.165, 1.54) is 50.2 Å². The Hall–Kier alpha value is -2.33. The van der Waals surface area contributed by atoms with Crippen LogP contribution in [0.1, 0.15) is 70.4 Å². The van der Waals surface area contributed by atoms with Crippen LogP contribution in [0.4, 0.5) is 5.69 Å². The third-order valence-corrected chi connectivity index (χ3v) is 7.79. The summed E-state index contributed by atoms with van der Waals surface area (Å²) in [5.74, 6) is 1.21. The van der Waals surface area contributed by atoms with Gasteiger partial charge < -0.3 is 10.4 Å². The monoisotopic (exact) mass is 423 g/mol. The van der Waals surface area contributed by atoms with Gasteiger partial charge in [0.05, 0.1) is 11.3 Å². The SMILES string of the molecule is Cc1cc(Cl)cc(C(=O)O)c1NC(=O)c1ccc(C23CC4CC(CC(C4)C2)C3)cc1. The summed E-state index contributed by atoms with van der Waals surface area (Å²) in [4.78, 5) is 24.4. The predicted octanol–water partition coefficient (Wildman–Crippen LogP) is 6.07. The first kappa shape index (κ1) is 19.6. The molecule has 0 aromatic heterocycles. The zero-order chi connectivity index (χ0) is 21.0. The standard InChI is InChI=1S/C25H26ClNO3/c1-14-6-20(26)10-21(24(29)30)22(14)27-23(28)18-2-4-19(5-3-18)25-11-15-7-16(12-25)9-17(8-15)13-25/h2-6,10,15-17H,7-9,11-13H2,1H3,(H,27,28)(H,29,30). The fourth-order valence-electron chi connectivity index (χ4n) is 6.70. The molecule has 2 aromatic carbocycles. The van der Waals surface area contributed by atoms with Crippen LogP contribution in [0.25, 0.3) is 0 Å². The average molecular weight is 424 g/mol. The van der Waals surface area contributed by atoms with Gasteiger partial charge in [-0.1, -0.05) is 23.7 Å². The van der Waals surface area contributed by atoms with E-state index >= 15 is 0 Å². The minimum Gasteiger partial charge on any atom is -0.478 e. The number of nitrogens with one attached hydrogen (secondary N) is 1. The molecule has 4 aliphatic carbocycles. The summed E-state index contributed by atoms with van der Waals surface area (Å²) >= 11 is 5.99. The summed E-state index contributed by atoms with van der Waals surface area (Å²) in [7, 11) is 0. The number of carboxylic acid groups (broad SMARTS) is 1. The van der Waals surface area contributed by atoms with Crippen LogP contribution >= 0.6 is 11.6 Å². The molecule has 0 saturated heterocycles. The van der Waals surface area contributed by atoms with E-state index in [1.807, 2.05) is 12.1 Å². The molecule has 2 aromatic rings. The largest absolute Gasteiger partial charge is 0.478 e. The molecule has 2 N–H and O–H groups in total. The molecule has 0 heterocycles. The van der Waals surface area contributed by atoms with E-state index in [0.29, 0.717) is 27.3 Å². The molecule has 1 amide bonds. The van der Waals surface area contributed by atoms with Gasteiger partial charge in [0.1, 0.15) is 0 Å². The van der Waals surface area contributed by atoms with Crippen molar-refractivity contribution in [2.24, 2.45) is 17.8 Å². The number of anilines is 1. The third kappa shape index (κ3) is 3.31. The summed E-state index contributed by atoms with van der Waals surface area (Å²) < 4.78 is 0. The third-order valence-electron chi connectivity index (χ3n) is 7.57. The number of rotatable bonds is 4. The van der Waals surface area contributed by atoms with Crippen LogP contribution in [0.2, 0.25) is 5.02 Å². The van der Waals surface area contributed by atoms with Gasteiger partial charge in [0, 0.05) is 10.6 Å². The normalized spacial score (nSPS) is 29.1. The van der Waals surface area contributed by atoms with Crippen LogP contribution in [-0.2, 0) is 5.41 Å². The topological polar surface area (TPSA) is 66.4 Å². The summed E-state index contributed by atoms with van der Waals surface area (Å²) in [6.45, 7) is 1.74. The maximum absolute atomic E-state index is 12.8. The molecule has 4 saturated carbocycles. The Morgan fingerprint density at radius 1 is 1.00 bits per heavy atom. The summed E-state index contributed by atoms with van der Waals surface area (Å²) in [5.41, 5.74) is 3.12. The molecule has 156 valence electrons. The number of halogens is 1. The number of carbonyl (C=O) groups is 2. The maximum Gasteiger partial charge on any atom is 0.337 e. The summed E-state index contributed by atoms with van der Waals surface area (Å²) in [6, 6.07) is 11.0. The van der Waals surface area contributed by atoms with E-state index < -0.39 is 5.97 Å². The van der Waals surface area contributed by atoms with Gasteiger partial charge in [0.2, 0.25) is 0 Å². The highest BCUT2D eigenvalue weighted by Crippen LogP contribution is 2.60. The summed E-state index contributed by atoms with van der Waals surface area (Å²) in [6.07, 6.45) is 8.09. The highest BCUT2D eigenvalue weighted by Gasteiger charge is 2.51. The van der Waals surface area contributed by atoms with Crippen molar-refractivity contribution in [1.82, 2.24) is 0 Å². The second-order valence-corrected chi connectivity index (χ2v) is 10.1. The van der Waals surface area contributed by atoms with Crippen molar-refractivity contribution in [3.05, 3.63) is 63.7 Å². The highest BCUT2D eigenvalue weighted by molar-refractivity contribution is 6.31. The zero-order valence-electron chi connectivity index (χ0n) is 17.1. The smallest absolute Gasteiger partial charge is 0.337 e. The van der Waals surface area contributed by atoms with Gasteiger partial charge in [-0.2, -0.15) is 0 Å². The van der Waals surface area contributed by atoms with Crippen LogP contribution in [0.5, 0.6) is 0 Å². The molecule has 5 heteroatoms. The highest BCUT2D eigenvalue weighted by atomic mass is 35.5. The number of aromatic carboxylic acids is 1. The molecular formula is C25H26ClNO3. The molecule has 0 radical (unpaired) electrons. The molecular weight excluding hydrogens is 398 g/mol. The lowest BCUT2D eigenvalue weighted by molar-refractivity contribution is -0.00519. The van der Waals surface area contributed by atoms with E-state index in [1.54, 1.807) is 13.0 Å². The minimum absolute atomic E-state index is 0.00135. The maximum atomic E-state index is 12.8. The summed E-state index contributed by atoms with van der Waals surface area (Å²) in [5, 5.41) is 12.6. The quantitative estimate of drug-likeness (QED) is 0.627. The Morgan fingerprint density at radius 3 is 2.10 bits per heavy atom. The number of carbonyl (C=O) groups excluding carboxylic acids is 1. The van der Waals surface area contributed by atoms with Gasteiger partial charge >= 0.3 is 5.97 Å². The molecule has 4 bridgehead atoms. The lowest BCUT2D eigenvalue weighted by Crippen LogP contribution is -2.48. The second-order valence-electron chi connectivity index (χ2n) is 9.68. The number of hydrogen-bond donors (Lipinski definition) is 2. The Morgan fingerprint density at radius 2 is 1.57 bits per heavy atom. The second kappa shape index (κ2) is 7.12. The van der Waals surface area contributed by atoms with Crippen molar-refractivity contribution in [2.75, 3.05) is 5.32 Å². The molecule has 6 rings (SSSR count). The fourth-order valence-corrected chi connectivity index (χ4v) is 6.98. The molecule has 0 aliphatic heterocycles. The van der Waals surface area contributed by atoms with Crippen molar-refractivity contribution >= 4 is 29.2 Å². The average Bonchev–Trinajstić information content (AvgIpc) is 2.68. The molecule has 30 heavy (non-hydrogen) atoms. The molecule has 0 spiro atoms. The first-order valence-electron chi connectivity index (χ1n) is 10.8. The molecule has 0 atom stereocenters. The van der Waals surface area contributed by atoms with Crippen LogP contribution in [0.15, 0.2) is 36.4 Å². The zero-order valence-corrected chi connectivity index (χ0v) is 17.8. The number of hydrogen-bond acceptors (Lipinski definition) is 2. The van der Waals surface area contributed by atoms with E-state index in [0.717, 1.165) is 17.8 Å². The van der Waals surface area contributed by atoms with Gasteiger partial charge in [-0.05, 0) is 104 Å². The molecule has 4 nitrogen and oxygen atoms in total. The Labute approximate surface area is 181 Å².